The summed E-state index contributed by atoms with van der Waals surface area (Å²) in [4.78, 5) is 21.0. The molecule has 0 aliphatic carbocycles. The molecule has 0 aliphatic rings. The third-order valence-electron chi connectivity index (χ3n) is 0.791. The van der Waals surface area contributed by atoms with E-state index >= 15 is 0 Å². The second kappa shape index (κ2) is 3.87. The number of esters is 1. The summed E-state index contributed by atoms with van der Waals surface area (Å²) in [7, 11) is 1.17. The van der Waals surface area contributed by atoms with Crippen LogP contribution >= 0.6 is 0 Å². The van der Waals surface area contributed by atoms with Crippen LogP contribution in [0.15, 0.2) is 0 Å². The van der Waals surface area contributed by atoms with Gasteiger partial charge in [-0.2, -0.15) is 0 Å². The molecular weight excluding hydrogens is 134 g/mol. The molecule has 0 radical (unpaired) electrons. The first-order valence-corrected chi connectivity index (χ1v) is 2.96. The zero-order valence-corrected chi connectivity index (χ0v) is 6.30. The van der Waals surface area contributed by atoms with Gasteiger partial charge in [0.05, 0.1) is 7.11 Å². The molecular formula is C6H11NO3. The van der Waals surface area contributed by atoms with Crippen molar-refractivity contribution < 1.29 is 14.3 Å². The molecule has 58 valence electrons. The number of rotatable bonds is 1. The summed E-state index contributed by atoms with van der Waals surface area (Å²) in [5, 5.41) is 2.38. The molecule has 0 saturated carbocycles. The number of carbonyl (C=O) groups excluding carboxylic acids is 2. The van der Waals surface area contributed by atoms with Crippen LogP contribution in [0.2, 0.25) is 0 Å². The molecule has 0 aromatic carbocycles. The molecule has 0 atom stereocenters. The molecule has 0 aromatic rings. The summed E-state index contributed by atoms with van der Waals surface area (Å²) < 4.78 is 4.16. The lowest BCUT2D eigenvalue weighted by Gasteiger charge is -2.04. The molecule has 0 unspecified atom stereocenters. The Balaban J connectivity index is 3.74. The Hall–Kier alpha value is -1.06. The first-order valence-electron chi connectivity index (χ1n) is 2.96. The van der Waals surface area contributed by atoms with Crippen LogP contribution in [0.5, 0.6) is 0 Å². The molecule has 0 saturated heterocycles. The summed E-state index contributed by atoms with van der Waals surface area (Å²) in [6.07, 6.45) is 0. The topological polar surface area (TPSA) is 55.4 Å². The van der Waals surface area contributed by atoms with Crippen molar-refractivity contribution in [2.24, 2.45) is 0 Å². The van der Waals surface area contributed by atoms with Crippen molar-refractivity contribution in [2.45, 2.75) is 19.9 Å². The van der Waals surface area contributed by atoms with Crippen molar-refractivity contribution in [1.82, 2.24) is 5.32 Å². The Morgan fingerprint density at radius 3 is 2.20 bits per heavy atom. The monoisotopic (exact) mass is 145 g/mol. The second-order valence-corrected chi connectivity index (χ2v) is 2.12. The van der Waals surface area contributed by atoms with Crippen LogP contribution in [0.25, 0.3) is 0 Å². The molecule has 0 spiro atoms. The minimum Gasteiger partial charge on any atom is -0.462 e. The molecule has 10 heavy (non-hydrogen) atoms. The van der Waals surface area contributed by atoms with Gasteiger partial charge in [0.15, 0.2) is 0 Å². The van der Waals surface area contributed by atoms with Gasteiger partial charge in [0.1, 0.15) is 0 Å². The lowest BCUT2D eigenvalue weighted by molar-refractivity contribution is -0.152. The highest BCUT2D eigenvalue weighted by atomic mass is 16.5. The maximum Gasteiger partial charge on any atom is 0.396 e. The van der Waals surface area contributed by atoms with E-state index in [0.29, 0.717) is 0 Å². The predicted molar refractivity (Wildman–Crippen MR) is 35.3 cm³/mol. The number of hydrogen-bond donors (Lipinski definition) is 1. The normalized spacial score (nSPS) is 9.20. The highest BCUT2D eigenvalue weighted by Crippen LogP contribution is 1.79. The quantitative estimate of drug-likeness (QED) is 0.406. The third kappa shape index (κ3) is 3.06. The van der Waals surface area contributed by atoms with Crippen molar-refractivity contribution in [3.05, 3.63) is 0 Å². The Labute approximate surface area is 59.6 Å². The standard InChI is InChI=1S/C6H11NO3/c1-4(2)7-5(8)6(9)10-3/h4H,1-3H3,(H,7,8). The van der Waals surface area contributed by atoms with E-state index in [-0.39, 0.29) is 6.04 Å². The van der Waals surface area contributed by atoms with Gasteiger partial charge in [0, 0.05) is 6.04 Å². The fraction of sp³-hybridized carbons (Fsp3) is 0.667. The fourth-order valence-corrected chi connectivity index (χ4v) is 0.414. The highest BCUT2D eigenvalue weighted by molar-refractivity contribution is 6.32. The van der Waals surface area contributed by atoms with Crippen LogP contribution in [-0.4, -0.2) is 25.0 Å². The molecule has 0 aliphatic heterocycles. The summed E-state index contributed by atoms with van der Waals surface area (Å²) in [6.45, 7) is 3.53. The summed E-state index contributed by atoms with van der Waals surface area (Å²) in [5.74, 6) is -1.55. The zero-order chi connectivity index (χ0) is 8.15. The Morgan fingerprint density at radius 1 is 1.40 bits per heavy atom. The first kappa shape index (κ1) is 8.94. The Morgan fingerprint density at radius 2 is 1.90 bits per heavy atom. The molecule has 4 nitrogen and oxygen atoms in total. The number of carbonyl (C=O) groups is 2. The molecule has 0 bridgehead atoms. The van der Waals surface area contributed by atoms with E-state index in [2.05, 4.69) is 10.1 Å². The SMILES string of the molecule is COC(=O)C(=O)NC(C)C. The van der Waals surface area contributed by atoms with E-state index in [1.807, 2.05) is 0 Å². The summed E-state index contributed by atoms with van der Waals surface area (Å²) >= 11 is 0. The lowest BCUT2D eigenvalue weighted by Crippen LogP contribution is -2.36. The zero-order valence-electron chi connectivity index (χ0n) is 6.30. The van der Waals surface area contributed by atoms with Gasteiger partial charge < -0.3 is 10.1 Å². The highest BCUT2D eigenvalue weighted by Gasteiger charge is 2.13. The number of nitrogens with one attached hydrogen (secondary N) is 1. The summed E-state index contributed by atoms with van der Waals surface area (Å²) in [6, 6.07) is -0.0356. The van der Waals surface area contributed by atoms with E-state index in [1.165, 1.54) is 7.11 Å². The fourth-order valence-electron chi connectivity index (χ4n) is 0.414. The van der Waals surface area contributed by atoms with Gasteiger partial charge in [-0.25, -0.2) is 4.79 Å². The van der Waals surface area contributed by atoms with Crippen LogP contribution < -0.4 is 5.32 Å². The average Bonchev–Trinajstić information content (AvgIpc) is 1.85. The van der Waals surface area contributed by atoms with Crippen molar-refractivity contribution in [3.8, 4) is 0 Å². The van der Waals surface area contributed by atoms with E-state index in [9.17, 15) is 9.59 Å². The van der Waals surface area contributed by atoms with E-state index in [1.54, 1.807) is 13.8 Å². The number of ether oxygens (including phenoxy) is 1. The van der Waals surface area contributed by atoms with Crippen LogP contribution in [0.4, 0.5) is 0 Å². The van der Waals surface area contributed by atoms with Crippen LogP contribution in [0, 0.1) is 0 Å². The van der Waals surface area contributed by atoms with Crippen molar-refractivity contribution >= 4 is 11.9 Å². The maximum absolute atomic E-state index is 10.6. The maximum atomic E-state index is 10.6. The van der Waals surface area contributed by atoms with Gasteiger partial charge in [-0.05, 0) is 13.8 Å². The average molecular weight is 145 g/mol. The molecule has 0 aromatic heterocycles. The van der Waals surface area contributed by atoms with Crippen LogP contribution in [0.1, 0.15) is 13.8 Å². The molecule has 1 amide bonds. The van der Waals surface area contributed by atoms with Crippen molar-refractivity contribution in [2.75, 3.05) is 7.11 Å². The third-order valence-corrected chi connectivity index (χ3v) is 0.791. The lowest BCUT2D eigenvalue weighted by atomic mass is 10.4. The minimum absolute atomic E-state index is 0.0356. The van der Waals surface area contributed by atoms with Crippen molar-refractivity contribution in [3.63, 3.8) is 0 Å². The molecule has 1 N–H and O–H groups in total. The second-order valence-electron chi connectivity index (χ2n) is 2.12. The smallest absolute Gasteiger partial charge is 0.396 e. The molecule has 0 fully saturated rings. The molecule has 0 heterocycles. The number of amides is 1. The largest absolute Gasteiger partial charge is 0.462 e. The van der Waals surface area contributed by atoms with Gasteiger partial charge in [0.25, 0.3) is 0 Å². The minimum atomic E-state index is -0.853. The summed E-state index contributed by atoms with van der Waals surface area (Å²) in [5.41, 5.74) is 0. The van der Waals surface area contributed by atoms with Gasteiger partial charge in [-0.3, -0.25) is 4.79 Å². The van der Waals surface area contributed by atoms with E-state index in [4.69, 9.17) is 0 Å². The molecule has 0 rings (SSSR count). The molecule has 4 heteroatoms. The van der Waals surface area contributed by atoms with Crippen LogP contribution in [0.3, 0.4) is 0 Å². The Bertz CT molecular complexity index is 142. The van der Waals surface area contributed by atoms with Gasteiger partial charge in [0.2, 0.25) is 0 Å². The number of methoxy groups -OCH3 is 1. The van der Waals surface area contributed by atoms with Gasteiger partial charge in [-0.15, -0.1) is 0 Å². The van der Waals surface area contributed by atoms with Crippen molar-refractivity contribution in [1.29, 1.82) is 0 Å². The van der Waals surface area contributed by atoms with Gasteiger partial charge >= 0.3 is 11.9 Å². The van der Waals surface area contributed by atoms with E-state index < -0.39 is 11.9 Å². The predicted octanol–water partition coefficient (Wildman–Crippen LogP) is -0.316. The van der Waals surface area contributed by atoms with Gasteiger partial charge in [-0.1, -0.05) is 0 Å². The Kier molecular flexibility index (Phi) is 3.46. The van der Waals surface area contributed by atoms with Crippen LogP contribution in [-0.2, 0) is 14.3 Å². The first-order chi connectivity index (χ1) is 4.57. The number of hydrogen-bond acceptors (Lipinski definition) is 3. The van der Waals surface area contributed by atoms with E-state index in [0.717, 1.165) is 0 Å².